The van der Waals surface area contributed by atoms with Crippen molar-refractivity contribution >= 4 is 5.97 Å². The number of hydrogen-bond acceptors (Lipinski definition) is 4. The molecule has 112 valence electrons. The van der Waals surface area contributed by atoms with Gasteiger partial charge in [0.2, 0.25) is 0 Å². The van der Waals surface area contributed by atoms with Gasteiger partial charge in [0.25, 0.3) is 0 Å². The number of ether oxygens (including phenoxy) is 2. The van der Waals surface area contributed by atoms with E-state index < -0.39 is 5.97 Å². The van der Waals surface area contributed by atoms with Crippen LogP contribution in [0.25, 0.3) is 11.3 Å². The molecule has 0 amide bonds. The van der Waals surface area contributed by atoms with E-state index in [-0.39, 0.29) is 11.7 Å². The largest absolute Gasteiger partial charge is 0.497 e. The van der Waals surface area contributed by atoms with E-state index >= 15 is 0 Å². The van der Waals surface area contributed by atoms with Crippen molar-refractivity contribution in [3.05, 3.63) is 30.0 Å². The summed E-state index contributed by atoms with van der Waals surface area (Å²) in [6.45, 7) is 3.76. The lowest BCUT2D eigenvalue weighted by atomic mass is 10.1. The molecule has 0 saturated carbocycles. The monoisotopic (exact) mass is 290 g/mol. The third-order valence-corrected chi connectivity index (χ3v) is 3.13. The number of aromatic nitrogens is 2. The lowest BCUT2D eigenvalue weighted by Gasteiger charge is -2.09. The zero-order valence-electron chi connectivity index (χ0n) is 12.5. The Hall–Kier alpha value is -2.50. The SMILES string of the molecule is COc1ccc(OC)c(-c2cc(C(=O)O)n(C(C)C)n2)c1. The van der Waals surface area contributed by atoms with Crippen LogP contribution in [0.1, 0.15) is 30.4 Å². The molecule has 0 atom stereocenters. The molecule has 1 N–H and O–H groups in total. The fourth-order valence-electron chi connectivity index (χ4n) is 2.09. The molecule has 21 heavy (non-hydrogen) atoms. The van der Waals surface area contributed by atoms with Crippen molar-refractivity contribution in [2.24, 2.45) is 0 Å². The summed E-state index contributed by atoms with van der Waals surface area (Å²) >= 11 is 0. The van der Waals surface area contributed by atoms with Gasteiger partial charge in [-0.05, 0) is 38.1 Å². The molecule has 0 radical (unpaired) electrons. The summed E-state index contributed by atoms with van der Waals surface area (Å²) in [6.07, 6.45) is 0. The Bertz CT molecular complexity index is 662. The molecule has 0 saturated heterocycles. The Labute approximate surface area is 122 Å². The second-order valence-corrected chi connectivity index (χ2v) is 4.82. The summed E-state index contributed by atoms with van der Waals surface area (Å²) in [7, 11) is 3.13. The highest BCUT2D eigenvalue weighted by Crippen LogP contribution is 2.33. The smallest absolute Gasteiger partial charge is 0.354 e. The molecular weight excluding hydrogens is 272 g/mol. The summed E-state index contributed by atoms with van der Waals surface area (Å²) in [5.41, 5.74) is 1.38. The summed E-state index contributed by atoms with van der Waals surface area (Å²) in [5, 5.41) is 13.7. The Balaban J connectivity index is 2.61. The first-order chi connectivity index (χ1) is 9.97. The third-order valence-electron chi connectivity index (χ3n) is 3.13. The first kappa shape index (κ1) is 14.9. The van der Waals surface area contributed by atoms with Gasteiger partial charge in [0.15, 0.2) is 0 Å². The van der Waals surface area contributed by atoms with Crippen molar-refractivity contribution in [3.8, 4) is 22.8 Å². The molecule has 1 aromatic carbocycles. The van der Waals surface area contributed by atoms with Gasteiger partial charge in [-0.1, -0.05) is 0 Å². The fourth-order valence-corrected chi connectivity index (χ4v) is 2.09. The predicted molar refractivity (Wildman–Crippen MR) is 78.1 cm³/mol. The van der Waals surface area contributed by atoms with Gasteiger partial charge in [0.05, 0.1) is 19.9 Å². The van der Waals surface area contributed by atoms with Crippen LogP contribution in [-0.2, 0) is 0 Å². The molecule has 0 bridgehead atoms. The Morgan fingerprint density at radius 2 is 1.95 bits per heavy atom. The van der Waals surface area contributed by atoms with Gasteiger partial charge in [0.1, 0.15) is 17.2 Å². The van der Waals surface area contributed by atoms with Crippen LogP contribution in [0.15, 0.2) is 24.3 Å². The van der Waals surface area contributed by atoms with Crippen molar-refractivity contribution in [2.45, 2.75) is 19.9 Å². The molecule has 0 aliphatic carbocycles. The first-order valence-electron chi connectivity index (χ1n) is 6.53. The maximum atomic E-state index is 11.3. The van der Waals surface area contributed by atoms with Crippen molar-refractivity contribution in [3.63, 3.8) is 0 Å². The van der Waals surface area contributed by atoms with E-state index in [1.54, 1.807) is 38.5 Å². The highest BCUT2D eigenvalue weighted by Gasteiger charge is 2.19. The van der Waals surface area contributed by atoms with Gasteiger partial charge >= 0.3 is 5.97 Å². The standard InChI is InChI=1S/C15H18N2O4/c1-9(2)17-13(15(18)19)8-12(16-17)11-7-10(20-3)5-6-14(11)21-4/h5-9H,1-4H3,(H,18,19). The summed E-state index contributed by atoms with van der Waals surface area (Å²) in [5.74, 6) is 0.257. The number of carboxylic acids is 1. The Morgan fingerprint density at radius 3 is 2.43 bits per heavy atom. The highest BCUT2D eigenvalue weighted by atomic mass is 16.5. The van der Waals surface area contributed by atoms with Gasteiger partial charge in [-0.2, -0.15) is 5.10 Å². The van der Waals surface area contributed by atoms with Crippen molar-refractivity contribution in [1.82, 2.24) is 9.78 Å². The van der Waals surface area contributed by atoms with E-state index in [1.165, 1.54) is 4.68 Å². The van der Waals surface area contributed by atoms with E-state index in [9.17, 15) is 9.90 Å². The van der Waals surface area contributed by atoms with Crippen LogP contribution in [0.2, 0.25) is 0 Å². The molecule has 6 nitrogen and oxygen atoms in total. The molecule has 0 fully saturated rings. The third kappa shape index (κ3) is 2.84. The van der Waals surface area contributed by atoms with E-state index in [0.717, 1.165) is 0 Å². The van der Waals surface area contributed by atoms with Crippen LogP contribution in [0.4, 0.5) is 0 Å². The predicted octanol–water partition coefficient (Wildman–Crippen LogP) is 2.85. The van der Waals surface area contributed by atoms with Gasteiger partial charge < -0.3 is 14.6 Å². The number of methoxy groups -OCH3 is 2. The maximum absolute atomic E-state index is 11.3. The number of benzene rings is 1. The lowest BCUT2D eigenvalue weighted by molar-refractivity contribution is 0.0681. The molecule has 0 spiro atoms. The molecule has 0 unspecified atom stereocenters. The average Bonchev–Trinajstić information content (AvgIpc) is 2.92. The summed E-state index contributed by atoms with van der Waals surface area (Å²) < 4.78 is 12.0. The Morgan fingerprint density at radius 1 is 1.24 bits per heavy atom. The zero-order valence-corrected chi connectivity index (χ0v) is 12.5. The number of carbonyl (C=O) groups is 1. The van der Waals surface area contributed by atoms with Crippen LogP contribution >= 0.6 is 0 Å². The van der Waals surface area contributed by atoms with Crippen molar-refractivity contribution in [2.75, 3.05) is 14.2 Å². The van der Waals surface area contributed by atoms with Crippen LogP contribution in [0.3, 0.4) is 0 Å². The normalized spacial score (nSPS) is 10.7. The van der Waals surface area contributed by atoms with E-state index in [1.807, 2.05) is 13.8 Å². The van der Waals surface area contributed by atoms with E-state index in [4.69, 9.17) is 9.47 Å². The van der Waals surface area contributed by atoms with Crippen LogP contribution in [0.5, 0.6) is 11.5 Å². The topological polar surface area (TPSA) is 73.6 Å². The van der Waals surface area contributed by atoms with Gasteiger partial charge in [-0.3, -0.25) is 4.68 Å². The number of rotatable bonds is 5. The van der Waals surface area contributed by atoms with Gasteiger partial charge in [-0.25, -0.2) is 4.79 Å². The molecule has 0 aliphatic rings. The minimum atomic E-state index is -1.01. The fraction of sp³-hybridized carbons (Fsp3) is 0.333. The molecule has 0 aliphatic heterocycles. The molecule has 2 rings (SSSR count). The number of hydrogen-bond donors (Lipinski definition) is 1. The van der Waals surface area contributed by atoms with Gasteiger partial charge in [0, 0.05) is 11.6 Å². The summed E-state index contributed by atoms with van der Waals surface area (Å²) in [6, 6.07) is 6.81. The minimum absolute atomic E-state index is 0.0542. The van der Waals surface area contributed by atoms with E-state index in [0.29, 0.717) is 22.8 Å². The Kier molecular flexibility index (Phi) is 4.16. The van der Waals surface area contributed by atoms with Crippen LogP contribution in [0, 0.1) is 0 Å². The van der Waals surface area contributed by atoms with Crippen LogP contribution < -0.4 is 9.47 Å². The number of aromatic carboxylic acids is 1. The highest BCUT2D eigenvalue weighted by molar-refractivity contribution is 5.87. The summed E-state index contributed by atoms with van der Waals surface area (Å²) in [4.78, 5) is 11.3. The zero-order chi connectivity index (χ0) is 15.6. The molecular formula is C15H18N2O4. The van der Waals surface area contributed by atoms with E-state index in [2.05, 4.69) is 5.10 Å². The average molecular weight is 290 g/mol. The lowest BCUT2D eigenvalue weighted by Crippen LogP contribution is -2.11. The second-order valence-electron chi connectivity index (χ2n) is 4.82. The van der Waals surface area contributed by atoms with Crippen molar-refractivity contribution < 1.29 is 19.4 Å². The minimum Gasteiger partial charge on any atom is -0.497 e. The van der Waals surface area contributed by atoms with Gasteiger partial charge in [-0.15, -0.1) is 0 Å². The quantitative estimate of drug-likeness (QED) is 0.916. The second kappa shape index (κ2) is 5.87. The number of nitrogens with zero attached hydrogens (tertiary/aromatic N) is 2. The molecule has 6 heteroatoms. The molecule has 1 aromatic heterocycles. The molecule has 1 heterocycles. The first-order valence-corrected chi connectivity index (χ1v) is 6.53. The van der Waals surface area contributed by atoms with Crippen LogP contribution in [-0.4, -0.2) is 35.1 Å². The maximum Gasteiger partial charge on any atom is 0.354 e. The van der Waals surface area contributed by atoms with Crippen molar-refractivity contribution in [1.29, 1.82) is 0 Å². The molecule has 2 aromatic rings. The number of carboxylic acid groups (broad SMARTS) is 1.